The molecule has 1 heterocycles. The number of carbonyl (C=O) groups excluding carboxylic acids is 1. The van der Waals surface area contributed by atoms with Crippen molar-refractivity contribution < 1.29 is 9.53 Å². The number of rotatable bonds is 6. The Morgan fingerprint density at radius 2 is 1.51 bits per heavy atom. The molecule has 0 aliphatic carbocycles. The van der Waals surface area contributed by atoms with Crippen LogP contribution >= 0.6 is 0 Å². The Balaban J connectivity index is 1.29. The van der Waals surface area contributed by atoms with Crippen molar-refractivity contribution in [1.82, 2.24) is 9.99 Å². The predicted molar refractivity (Wildman–Crippen MR) is 151 cm³/mol. The summed E-state index contributed by atoms with van der Waals surface area (Å²) in [7, 11) is 1.56. The number of hydrazone groups is 1. The molecule has 0 aliphatic rings. The van der Waals surface area contributed by atoms with Crippen LogP contribution in [0.15, 0.2) is 114 Å². The largest absolute Gasteiger partial charge is 0.496 e. The number of methoxy groups -OCH3 is 1. The van der Waals surface area contributed by atoms with Gasteiger partial charge < -0.3 is 9.30 Å². The van der Waals surface area contributed by atoms with Crippen molar-refractivity contribution in [3.05, 3.63) is 126 Å². The summed E-state index contributed by atoms with van der Waals surface area (Å²) in [6.45, 7) is 0.732. The molecule has 6 aromatic rings. The van der Waals surface area contributed by atoms with Crippen LogP contribution in [0, 0.1) is 0 Å². The molecule has 0 unspecified atom stereocenters. The molecule has 0 saturated carbocycles. The molecule has 5 aromatic carbocycles. The first-order valence-electron chi connectivity index (χ1n) is 12.2. The fourth-order valence-electron chi connectivity index (χ4n) is 4.91. The van der Waals surface area contributed by atoms with Crippen LogP contribution in [0.4, 0.5) is 0 Å². The van der Waals surface area contributed by atoms with E-state index in [0.717, 1.165) is 33.8 Å². The lowest BCUT2D eigenvalue weighted by Crippen LogP contribution is -2.18. The number of aromatic nitrogens is 1. The Morgan fingerprint density at radius 3 is 2.32 bits per heavy atom. The predicted octanol–water partition coefficient (Wildman–Crippen LogP) is 6.77. The van der Waals surface area contributed by atoms with Crippen LogP contribution < -0.4 is 10.2 Å². The number of nitrogens with zero attached hydrogens (tertiary/aromatic N) is 2. The van der Waals surface area contributed by atoms with E-state index >= 15 is 0 Å². The molecule has 1 amide bonds. The number of hydrogen-bond donors (Lipinski definition) is 1. The van der Waals surface area contributed by atoms with Gasteiger partial charge in [0.1, 0.15) is 5.75 Å². The van der Waals surface area contributed by atoms with Gasteiger partial charge >= 0.3 is 0 Å². The maximum Gasteiger partial charge on any atom is 0.275 e. The van der Waals surface area contributed by atoms with Gasteiger partial charge in [-0.3, -0.25) is 4.79 Å². The molecule has 6 rings (SSSR count). The van der Waals surface area contributed by atoms with E-state index in [1.54, 1.807) is 13.3 Å². The van der Waals surface area contributed by atoms with Crippen LogP contribution in [0.5, 0.6) is 5.75 Å². The summed E-state index contributed by atoms with van der Waals surface area (Å²) in [6.07, 6.45) is 3.78. The average Bonchev–Trinajstić information content (AvgIpc) is 3.29. The molecule has 37 heavy (non-hydrogen) atoms. The minimum Gasteiger partial charge on any atom is -0.496 e. The number of hydrogen-bond acceptors (Lipinski definition) is 3. The molecule has 0 aliphatic heterocycles. The highest BCUT2D eigenvalue weighted by Gasteiger charge is 2.14. The molecular weight excluding hydrogens is 458 g/mol. The van der Waals surface area contributed by atoms with E-state index in [4.69, 9.17) is 4.74 Å². The average molecular weight is 484 g/mol. The summed E-state index contributed by atoms with van der Waals surface area (Å²) < 4.78 is 7.70. The SMILES string of the molecule is COc1cc2ccccc2cc1C(=O)NN=Cc1cn(Cc2cccc3ccccc23)c2ccccc12. The third-order valence-electron chi connectivity index (χ3n) is 6.72. The van der Waals surface area contributed by atoms with Gasteiger partial charge in [-0.2, -0.15) is 5.10 Å². The van der Waals surface area contributed by atoms with Crippen LogP contribution in [-0.4, -0.2) is 23.8 Å². The quantitative estimate of drug-likeness (QED) is 0.210. The Labute approximate surface area is 214 Å². The first-order chi connectivity index (χ1) is 18.2. The van der Waals surface area contributed by atoms with Crippen LogP contribution in [0.3, 0.4) is 0 Å². The third kappa shape index (κ3) is 4.32. The molecule has 1 N–H and O–H groups in total. The van der Waals surface area contributed by atoms with Gasteiger partial charge in [0.2, 0.25) is 0 Å². The first kappa shape index (κ1) is 22.6. The molecular formula is C32H25N3O2. The number of amides is 1. The maximum absolute atomic E-state index is 13.0. The molecule has 5 heteroatoms. The van der Waals surface area contributed by atoms with E-state index in [2.05, 4.69) is 75.9 Å². The fraction of sp³-hybridized carbons (Fsp3) is 0.0625. The highest BCUT2D eigenvalue weighted by molar-refractivity contribution is 6.03. The third-order valence-corrected chi connectivity index (χ3v) is 6.72. The van der Waals surface area contributed by atoms with Crippen molar-refractivity contribution in [3.63, 3.8) is 0 Å². The van der Waals surface area contributed by atoms with E-state index in [1.165, 1.54) is 16.3 Å². The van der Waals surface area contributed by atoms with Crippen LogP contribution in [0.25, 0.3) is 32.4 Å². The van der Waals surface area contributed by atoms with Crippen LogP contribution in [-0.2, 0) is 6.54 Å². The van der Waals surface area contributed by atoms with Gasteiger partial charge in [-0.15, -0.1) is 0 Å². The van der Waals surface area contributed by atoms with Gasteiger partial charge in [0.25, 0.3) is 5.91 Å². The Bertz CT molecular complexity index is 1790. The lowest BCUT2D eigenvalue weighted by molar-refractivity contribution is 0.0952. The minimum absolute atomic E-state index is 0.321. The minimum atomic E-state index is -0.321. The molecule has 0 atom stereocenters. The fourth-order valence-corrected chi connectivity index (χ4v) is 4.91. The zero-order valence-corrected chi connectivity index (χ0v) is 20.4. The Morgan fingerprint density at radius 1 is 0.838 bits per heavy atom. The molecule has 0 bridgehead atoms. The summed E-state index contributed by atoms with van der Waals surface area (Å²) in [5.41, 5.74) is 6.41. The summed E-state index contributed by atoms with van der Waals surface area (Å²) in [4.78, 5) is 13.0. The topological polar surface area (TPSA) is 55.6 Å². The van der Waals surface area contributed by atoms with E-state index in [9.17, 15) is 4.79 Å². The number of ether oxygens (including phenoxy) is 1. The van der Waals surface area contributed by atoms with Gasteiger partial charge in [0.05, 0.1) is 18.9 Å². The maximum atomic E-state index is 13.0. The molecule has 5 nitrogen and oxygen atoms in total. The summed E-state index contributed by atoms with van der Waals surface area (Å²) in [5, 5.41) is 9.82. The van der Waals surface area contributed by atoms with Crippen molar-refractivity contribution in [2.45, 2.75) is 6.54 Å². The first-order valence-corrected chi connectivity index (χ1v) is 12.2. The molecule has 0 saturated heterocycles. The van der Waals surface area contributed by atoms with Crippen molar-refractivity contribution in [2.75, 3.05) is 7.11 Å². The highest BCUT2D eigenvalue weighted by atomic mass is 16.5. The Kier molecular flexibility index (Phi) is 5.87. The molecule has 0 radical (unpaired) electrons. The van der Waals surface area contributed by atoms with E-state index in [-0.39, 0.29) is 5.91 Å². The zero-order chi connectivity index (χ0) is 25.2. The number of nitrogens with one attached hydrogen (secondary N) is 1. The van der Waals surface area contributed by atoms with E-state index in [0.29, 0.717) is 11.3 Å². The second-order valence-corrected chi connectivity index (χ2v) is 8.97. The van der Waals surface area contributed by atoms with Gasteiger partial charge in [0.15, 0.2) is 0 Å². The standard InChI is InChI=1S/C32H25N3O2/c1-37-31-18-24-11-3-2-10-23(24)17-29(31)32(36)34-33-19-26-21-35(30-16-7-6-15-28(26)30)20-25-13-8-12-22-9-4-5-14-27(22)25/h2-19,21H,20H2,1H3,(H,34,36). The van der Waals surface area contributed by atoms with E-state index < -0.39 is 0 Å². The number of benzene rings is 5. The summed E-state index contributed by atoms with van der Waals surface area (Å²) in [6, 6.07) is 34.6. The second-order valence-electron chi connectivity index (χ2n) is 8.97. The monoisotopic (exact) mass is 483 g/mol. The Hall–Kier alpha value is -4.90. The van der Waals surface area contributed by atoms with E-state index in [1.807, 2.05) is 48.5 Å². The lowest BCUT2D eigenvalue weighted by atomic mass is 10.0. The second kappa shape index (κ2) is 9.63. The molecule has 180 valence electrons. The van der Waals surface area contributed by atoms with Crippen LogP contribution in [0.1, 0.15) is 21.5 Å². The number of carbonyl (C=O) groups is 1. The number of fused-ring (bicyclic) bond motifs is 3. The van der Waals surface area contributed by atoms with Gasteiger partial charge in [0, 0.05) is 29.2 Å². The summed E-state index contributed by atoms with van der Waals surface area (Å²) >= 11 is 0. The van der Waals surface area contributed by atoms with Crippen molar-refractivity contribution >= 4 is 44.6 Å². The smallest absolute Gasteiger partial charge is 0.275 e. The normalized spacial score (nSPS) is 11.5. The van der Waals surface area contributed by atoms with Crippen molar-refractivity contribution in [1.29, 1.82) is 0 Å². The van der Waals surface area contributed by atoms with Crippen molar-refractivity contribution in [2.24, 2.45) is 5.10 Å². The van der Waals surface area contributed by atoms with Gasteiger partial charge in [-0.25, -0.2) is 5.43 Å². The lowest BCUT2D eigenvalue weighted by Gasteiger charge is -2.09. The van der Waals surface area contributed by atoms with Gasteiger partial charge in [-0.05, 0) is 45.3 Å². The van der Waals surface area contributed by atoms with Crippen LogP contribution in [0.2, 0.25) is 0 Å². The molecule has 1 aromatic heterocycles. The van der Waals surface area contributed by atoms with Crippen molar-refractivity contribution in [3.8, 4) is 5.75 Å². The molecule has 0 fully saturated rings. The zero-order valence-electron chi connectivity index (χ0n) is 20.4. The number of para-hydroxylation sites is 1. The molecule has 0 spiro atoms. The van der Waals surface area contributed by atoms with Gasteiger partial charge in [-0.1, -0.05) is 84.9 Å². The summed E-state index contributed by atoms with van der Waals surface area (Å²) in [5.74, 6) is 0.191. The highest BCUT2D eigenvalue weighted by Crippen LogP contribution is 2.27.